The highest BCUT2D eigenvalue weighted by atomic mass is 16.2. The third kappa shape index (κ3) is 2.73. The van der Waals surface area contributed by atoms with Crippen LogP contribution in [-0.2, 0) is 0 Å². The molecule has 0 aliphatic carbocycles. The number of fused-ring (bicyclic) bond motifs is 1. The van der Waals surface area contributed by atoms with Gasteiger partial charge in [-0.3, -0.25) is 14.5 Å². The summed E-state index contributed by atoms with van der Waals surface area (Å²) in [5, 5.41) is 0. The number of imide groups is 1. The lowest BCUT2D eigenvalue weighted by Crippen LogP contribution is -2.29. The summed E-state index contributed by atoms with van der Waals surface area (Å²) in [4.78, 5) is 24.5. The first-order valence-corrected chi connectivity index (χ1v) is 5.54. The van der Waals surface area contributed by atoms with E-state index in [2.05, 4.69) is 13.2 Å². The van der Waals surface area contributed by atoms with Gasteiger partial charge >= 0.3 is 0 Å². The summed E-state index contributed by atoms with van der Waals surface area (Å²) in [6.07, 6.45) is 3.20. The Morgan fingerprint density at radius 1 is 1.06 bits per heavy atom. The quantitative estimate of drug-likeness (QED) is 0.649. The van der Waals surface area contributed by atoms with Gasteiger partial charge in [-0.05, 0) is 12.1 Å². The molecule has 1 heterocycles. The molecule has 4 heteroatoms. The molecule has 0 unspecified atom stereocenters. The van der Waals surface area contributed by atoms with Crippen molar-refractivity contribution in [1.82, 2.24) is 4.90 Å². The van der Waals surface area contributed by atoms with Crippen LogP contribution in [0.5, 0.6) is 0 Å². The minimum absolute atomic E-state index is 0.231. The second kappa shape index (κ2) is 6.51. The molecule has 0 saturated carbocycles. The zero-order valence-corrected chi connectivity index (χ0v) is 10.1. The number of carbonyl (C=O) groups excluding carboxylic acids is 2. The molecular weight excluding hydrogens is 228 g/mol. The fourth-order valence-corrected chi connectivity index (χ4v) is 1.53. The summed E-state index contributed by atoms with van der Waals surface area (Å²) in [5.41, 5.74) is 5.88. The summed E-state index contributed by atoms with van der Waals surface area (Å²) in [6, 6.07) is 6.83. The van der Waals surface area contributed by atoms with Crippen LogP contribution >= 0.6 is 0 Å². The lowest BCUT2D eigenvalue weighted by atomic mass is 10.1. The topological polar surface area (TPSA) is 63.4 Å². The standard InChI is InChI=1S/C11H9NO2.C3H7N/c1-2-7-12-10(13)8-5-3-4-6-9(8)11(12)14;1-2-3-4/h2-6H,1,7H2;2H,1,3-4H2. The van der Waals surface area contributed by atoms with Gasteiger partial charge in [-0.1, -0.05) is 24.3 Å². The number of nitrogens with two attached hydrogens (primary N) is 1. The van der Waals surface area contributed by atoms with Gasteiger partial charge in [-0.15, -0.1) is 13.2 Å². The van der Waals surface area contributed by atoms with Gasteiger partial charge in [-0.25, -0.2) is 0 Å². The van der Waals surface area contributed by atoms with E-state index in [-0.39, 0.29) is 18.4 Å². The van der Waals surface area contributed by atoms with E-state index in [1.54, 1.807) is 36.4 Å². The van der Waals surface area contributed by atoms with Gasteiger partial charge in [-0.2, -0.15) is 0 Å². The Morgan fingerprint density at radius 2 is 1.50 bits per heavy atom. The largest absolute Gasteiger partial charge is 0.327 e. The van der Waals surface area contributed by atoms with Crippen LogP contribution < -0.4 is 5.73 Å². The third-order valence-corrected chi connectivity index (χ3v) is 2.36. The van der Waals surface area contributed by atoms with Crippen molar-refractivity contribution in [2.24, 2.45) is 5.73 Å². The molecule has 4 nitrogen and oxygen atoms in total. The zero-order chi connectivity index (χ0) is 13.5. The molecule has 0 atom stereocenters. The van der Waals surface area contributed by atoms with E-state index >= 15 is 0 Å². The van der Waals surface area contributed by atoms with Crippen molar-refractivity contribution in [3.63, 3.8) is 0 Å². The molecule has 0 spiro atoms. The predicted octanol–water partition coefficient (Wildman–Crippen LogP) is 1.60. The Morgan fingerprint density at radius 3 is 1.83 bits per heavy atom. The van der Waals surface area contributed by atoms with Gasteiger partial charge in [0, 0.05) is 13.1 Å². The van der Waals surface area contributed by atoms with E-state index in [1.165, 1.54) is 4.90 Å². The van der Waals surface area contributed by atoms with Crippen molar-refractivity contribution >= 4 is 11.8 Å². The second-order valence-corrected chi connectivity index (χ2v) is 3.58. The van der Waals surface area contributed by atoms with Crippen LogP contribution in [-0.4, -0.2) is 29.8 Å². The Kier molecular flexibility index (Phi) is 5.02. The highest BCUT2D eigenvalue weighted by Gasteiger charge is 2.33. The van der Waals surface area contributed by atoms with E-state index in [4.69, 9.17) is 5.73 Å². The highest BCUT2D eigenvalue weighted by Crippen LogP contribution is 2.21. The number of carbonyl (C=O) groups is 2. The number of rotatable bonds is 3. The van der Waals surface area contributed by atoms with Crippen LogP contribution in [0.2, 0.25) is 0 Å². The van der Waals surface area contributed by atoms with Gasteiger partial charge in [0.15, 0.2) is 0 Å². The Balaban J connectivity index is 0.000000357. The molecule has 1 aliphatic rings. The number of amides is 2. The molecule has 1 aromatic carbocycles. The second-order valence-electron chi connectivity index (χ2n) is 3.58. The molecule has 0 bridgehead atoms. The lowest BCUT2D eigenvalue weighted by Gasteiger charge is -2.09. The van der Waals surface area contributed by atoms with Crippen LogP contribution in [0.25, 0.3) is 0 Å². The Hall–Kier alpha value is -2.20. The van der Waals surface area contributed by atoms with E-state index in [9.17, 15) is 9.59 Å². The number of hydrogen-bond donors (Lipinski definition) is 1. The molecule has 2 rings (SSSR count). The third-order valence-electron chi connectivity index (χ3n) is 2.36. The maximum absolute atomic E-state index is 11.7. The number of nitrogens with zero attached hydrogens (tertiary/aromatic N) is 1. The molecule has 0 radical (unpaired) electrons. The summed E-state index contributed by atoms with van der Waals surface area (Å²) >= 11 is 0. The first-order chi connectivity index (χ1) is 8.67. The van der Waals surface area contributed by atoms with Crippen LogP contribution in [0.3, 0.4) is 0 Å². The number of hydrogen-bond acceptors (Lipinski definition) is 3. The molecule has 1 aromatic rings. The van der Waals surface area contributed by atoms with Crippen molar-refractivity contribution < 1.29 is 9.59 Å². The number of benzene rings is 1. The predicted molar refractivity (Wildman–Crippen MR) is 71.3 cm³/mol. The molecule has 0 aromatic heterocycles. The fraction of sp³-hybridized carbons (Fsp3) is 0.143. The molecule has 2 amide bonds. The Bertz CT molecular complexity index is 445. The maximum Gasteiger partial charge on any atom is 0.261 e. The van der Waals surface area contributed by atoms with Gasteiger partial charge in [0.1, 0.15) is 0 Å². The monoisotopic (exact) mass is 244 g/mol. The van der Waals surface area contributed by atoms with Gasteiger partial charge in [0.05, 0.1) is 11.1 Å². The molecule has 94 valence electrons. The van der Waals surface area contributed by atoms with Crippen LogP contribution in [0.15, 0.2) is 49.6 Å². The molecule has 0 fully saturated rings. The van der Waals surface area contributed by atoms with E-state index in [1.807, 2.05) is 0 Å². The van der Waals surface area contributed by atoms with Crippen molar-refractivity contribution in [3.8, 4) is 0 Å². The van der Waals surface area contributed by atoms with E-state index in [0.717, 1.165) is 0 Å². The van der Waals surface area contributed by atoms with Gasteiger partial charge < -0.3 is 5.73 Å². The van der Waals surface area contributed by atoms with Crippen molar-refractivity contribution in [2.75, 3.05) is 13.1 Å². The molecular formula is C14H16N2O2. The molecule has 0 saturated heterocycles. The van der Waals surface area contributed by atoms with Crippen LogP contribution in [0, 0.1) is 0 Å². The molecule has 18 heavy (non-hydrogen) atoms. The van der Waals surface area contributed by atoms with E-state index < -0.39 is 0 Å². The summed E-state index contributed by atoms with van der Waals surface area (Å²) in [5.74, 6) is -0.462. The average Bonchev–Trinajstić information content (AvgIpc) is 2.65. The van der Waals surface area contributed by atoms with Crippen molar-refractivity contribution in [1.29, 1.82) is 0 Å². The van der Waals surface area contributed by atoms with Gasteiger partial charge in [0.25, 0.3) is 11.8 Å². The zero-order valence-electron chi connectivity index (χ0n) is 10.1. The lowest BCUT2D eigenvalue weighted by molar-refractivity contribution is 0.0672. The minimum Gasteiger partial charge on any atom is -0.327 e. The van der Waals surface area contributed by atoms with Crippen molar-refractivity contribution in [3.05, 3.63) is 60.7 Å². The summed E-state index contributed by atoms with van der Waals surface area (Å²) < 4.78 is 0. The smallest absolute Gasteiger partial charge is 0.261 e. The minimum atomic E-state index is -0.231. The summed E-state index contributed by atoms with van der Waals surface area (Å²) in [6.45, 7) is 7.72. The first-order valence-electron chi connectivity index (χ1n) is 5.54. The fourth-order valence-electron chi connectivity index (χ4n) is 1.53. The molecule has 2 N–H and O–H groups in total. The molecule has 1 aliphatic heterocycles. The van der Waals surface area contributed by atoms with Crippen LogP contribution in [0.4, 0.5) is 0 Å². The first kappa shape index (κ1) is 13.9. The maximum atomic E-state index is 11.7. The van der Waals surface area contributed by atoms with Crippen molar-refractivity contribution in [2.45, 2.75) is 0 Å². The van der Waals surface area contributed by atoms with Crippen LogP contribution in [0.1, 0.15) is 20.7 Å². The average molecular weight is 244 g/mol. The SMILES string of the molecule is C=CCN.C=CCN1C(=O)c2ccccc2C1=O. The normalized spacial score (nSPS) is 12.6. The van der Waals surface area contributed by atoms with Gasteiger partial charge in [0.2, 0.25) is 0 Å². The van der Waals surface area contributed by atoms with E-state index in [0.29, 0.717) is 17.7 Å². The Labute approximate surface area is 106 Å². The summed E-state index contributed by atoms with van der Waals surface area (Å²) in [7, 11) is 0. The highest BCUT2D eigenvalue weighted by molar-refractivity contribution is 6.21.